The van der Waals surface area contributed by atoms with E-state index in [4.69, 9.17) is 0 Å². The van der Waals surface area contributed by atoms with Crippen molar-refractivity contribution in [1.82, 2.24) is 0 Å². The molecule has 0 aliphatic heterocycles. The van der Waals surface area contributed by atoms with Gasteiger partial charge in [-0.15, -0.1) is 0 Å². The topological polar surface area (TPSA) is 0 Å². The minimum Gasteiger partial charge on any atom is -0.358 e. The third-order valence-corrected chi connectivity index (χ3v) is 1.87. The third-order valence-electron chi connectivity index (χ3n) is 1.87. The van der Waals surface area contributed by atoms with Crippen molar-refractivity contribution in [3.63, 3.8) is 0 Å². The van der Waals surface area contributed by atoms with E-state index in [0.29, 0.717) is 0 Å². The van der Waals surface area contributed by atoms with E-state index in [-0.39, 0.29) is 41.1 Å². The van der Waals surface area contributed by atoms with Crippen LogP contribution in [0.25, 0.3) is 0 Å². The summed E-state index contributed by atoms with van der Waals surface area (Å²) >= 11 is 0. The second kappa shape index (κ2) is 15.7. The van der Waals surface area contributed by atoms with E-state index in [2.05, 4.69) is 6.42 Å². The molecule has 0 spiro atoms. The summed E-state index contributed by atoms with van der Waals surface area (Å²) in [6.07, 6.45) is 9.50. The average Bonchev–Trinajstić information content (AvgIpc) is 2.64. The molecule has 1 heteroatoms. The fourth-order valence-electron chi connectivity index (χ4n) is 1.22. The van der Waals surface area contributed by atoms with Crippen molar-refractivity contribution >= 4 is 0 Å². The van der Waals surface area contributed by atoms with Crippen LogP contribution in [-0.4, -0.2) is 0 Å². The Morgan fingerprint density at radius 2 is 1.29 bits per heavy atom. The van der Waals surface area contributed by atoms with Crippen LogP contribution in [0.4, 0.5) is 0 Å². The van der Waals surface area contributed by atoms with E-state index in [1.165, 1.54) is 32.1 Å². The van der Waals surface area contributed by atoms with Crippen LogP contribution < -0.4 is 0 Å². The maximum Gasteiger partial charge on any atom is 4.00 e. The van der Waals surface area contributed by atoms with Gasteiger partial charge in [-0.25, -0.2) is 12.1 Å². The van der Waals surface area contributed by atoms with Crippen LogP contribution in [0.2, 0.25) is 0 Å². The summed E-state index contributed by atoms with van der Waals surface area (Å²) in [6.45, 7) is 0. The van der Waals surface area contributed by atoms with Gasteiger partial charge in [-0.05, 0) is 0 Å². The quantitative estimate of drug-likeness (QED) is 0.610. The molecule has 0 heterocycles. The molecule has 0 nitrogen and oxygen atoms in total. The first-order chi connectivity index (χ1) is 5.50. The minimum atomic E-state index is 0. The smallest absolute Gasteiger partial charge is 0.358 e. The number of rotatable bonds is 0. The number of hydrogen-bond acceptors (Lipinski definition) is 0. The molecule has 0 amide bonds. The van der Waals surface area contributed by atoms with Crippen LogP contribution in [0.15, 0.2) is 30.3 Å². The van der Waals surface area contributed by atoms with E-state index < -0.39 is 0 Å². The molecule has 0 aromatic heterocycles. The molecule has 1 aliphatic carbocycles. The van der Waals surface area contributed by atoms with E-state index in [1.54, 1.807) is 0 Å². The molecule has 0 radical (unpaired) electrons. The molecule has 1 saturated carbocycles. The summed E-state index contributed by atoms with van der Waals surface area (Å²) in [5.74, 6) is 0. The van der Waals surface area contributed by atoms with Gasteiger partial charge in [0.05, 0.1) is 0 Å². The fourth-order valence-corrected chi connectivity index (χ4v) is 1.22. The van der Waals surface area contributed by atoms with Crippen LogP contribution >= 0.6 is 0 Å². The van der Waals surface area contributed by atoms with Crippen LogP contribution in [0.1, 0.15) is 32.1 Å². The molecule has 0 N–H and O–H groups in total. The fraction of sp³-hybridized carbons (Fsp3) is 0.385. The van der Waals surface area contributed by atoms with Crippen molar-refractivity contribution < 1.29 is 26.2 Å². The first kappa shape index (κ1) is 19.8. The van der Waals surface area contributed by atoms with Crippen LogP contribution in [0.3, 0.4) is 0 Å². The molecular weight excluding hydrogens is 247 g/mol. The second-order valence-corrected chi connectivity index (χ2v) is 2.89. The Hall–Kier alpha value is 0.233. The van der Waals surface area contributed by atoms with Crippen molar-refractivity contribution in [2.75, 3.05) is 0 Å². The monoisotopic (exact) mass is 268 g/mol. The molecule has 0 bridgehead atoms. The summed E-state index contributed by atoms with van der Waals surface area (Å²) in [5.41, 5.74) is 0. The van der Waals surface area contributed by atoms with Gasteiger partial charge in [-0.1, -0.05) is 19.3 Å². The third kappa shape index (κ3) is 12.2. The summed E-state index contributed by atoms with van der Waals surface area (Å²) in [5, 5.41) is 0. The largest absolute Gasteiger partial charge is 4.00 e. The Kier molecular flexibility index (Phi) is 22.1. The second-order valence-electron chi connectivity index (χ2n) is 2.89. The van der Waals surface area contributed by atoms with E-state index >= 15 is 0 Å². The van der Waals surface area contributed by atoms with Gasteiger partial charge >= 0.3 is 26.2 Å². The standard InChI is InChI=1S/C6H11.C5H5.2CH3.Zr/c1-2-4-6-5-3-1;1-2-4-5-3-1;;;/h1H,2-6H2;1-5H;2*1H3;/q4*-1;+4. The average molecular weight is 270 g/mol. The molecule has 0 saturated heterocycles. The van der Waals surface area contributed by atoms with Crippen molar-refractivity contribution in [3.05, 3.63) is 51.6 Å². The van der Waals surface area contributed by atoms with E-state index in [0.717, 1.165) is 0 Å². The molecule has 2 rings (SSSR count). The molecule has 1 fully saturated rings. The number of hydrogen-bond donors (Lipinski definition) is 0. The van der Waals surface area contributed by atoms with Crippen molar-refractivity contribution in [1.29, 1.82) is 0 Å². The summed E-state index contributed by atoms with van der Waals surface area (Å²) in [7, 11) is 0. The van der Waals surface area contributed by atoms with Gasteiger partial charge in [0.1, 0.15) is 0 Å². The van der Waals surface area contributed by atoms with Gasteiger partial charge in [0.25, 0.3) is 0 Å². The van der Waals surface area contributed by atoms with E-state index in [1.807, 2.05) is 30.3 Å². The van der Waals surface area contributed by atoms with Gasteiger partial charge < -0.3 is 21.3 Å². The summed E-state index contributed by atoms with van der Waals surface area (Å²) < 4.78 is 0. The molecule has 14 heavy (non-hydrogen) atoms. The predicted molar refractivity (Wildman–Crippen MR) is 62.2 cm³/mol. The zero-order valence-corrected chi connectivity index (χ0v) is 12.0. The molecule has 1 aromatic rings. The molecular formula is C13H22Zr. The van der Waals surface area contributed by atoms with Crippen molar-refractivity contribution in [2.45, 2.75) is 32.1 Å². The molecule has 1 aliphatic rings. The van der Waals surface area contributed by atoms with Crippen LogP contribution in [0.5, 0.6) is 0 Å². The minimum absolute atomic E-state index is 0. The molecule has 78 valence electrons. The van der Waals surface area contributed by atoms with Crippen LogP contribution in [0, 0.1) is 21.3 Å². The summed E-state index contributed by atoms with van der Waals surface area (Å²) in [6, 6.07) is 10.0. The van der Waals surface area contributed by atoms with E-state index in [9.17, 15) is 0 Å². The summed E-state index contributed by atoms with van der Waals surface area (Å²) in [4.78, 5) is 0. The zero-order valence-electron chi connectivity index (χ0n) is 9.50. The van der Waals surface area contributed by atoms with Gasteiger partial charge in [0.15, 0.2) is 0 Å². The predicted octanol–water partition coefficient (Wildman–Crippen LogP) is 4.46. The van der Waals surface area contributed by atoms with Gasteiger partial charge in [0, 0.05) is 0 Å². The zero-order chi connectivity index (χ0) is 7.78. The van der Waals surface area contributed by atoms with Crippen molar-refractivity contribution in [2.24, 2.45) is 0 Å². The molecule has 1 aromatic carbocycles. The van der Waals surface area contributed by atoms with Gasteiger partial charge in [-0.3, -0.25) is 0 Å². The molecule has 0 atom stereocenters. The first-order valence-corrected chi connectivity index (χ1v) is 4.48. The SMILES string of the molecule is [CH-]1CCCCC1.[CH3-].[CH3-].[Zr+4].c1cc[cH-]c1. The van der Waals surface area contributed by atoms with Crippen molar-refractivity contribution in [3.8, 4) is 0 Å². The Labute approximate surface area is 110 Å². The Balaban J connectivity index is -0.000000144. The Bertz CT molecular complexity index is 112. The maximum atomic E-state index is 2.39. The maximum absolute atomic E-state index is 2.39. The van der Waals surface area contributed by atoms with Crippen LogP contribution in [-0.2, 0) is 26.2 Å². The normalized spacial score (nSPS) is 13.1. The molecule has 0 unspecified atom stereocenters. The Morgan fingerprint density at radius 1 is 0.786 bits per heavy atom. The Morgan fingerprint density at radius 3 is 1.43 bits per heavy atom. The van der Waals surface area contributed by atoms with Gasteiger partial charge in [0.2, 0.25) is 0 Å². The van der Waals surface area contributed by atoms with Gasteiger partial charge in [-0.2, -0.15) is 31.0 Å². The first-order valence-electron chi connectivity index (χ1n) is 4.48.